The van der Waals surface area contributed by atoms with E-state index < -0.39 is 26.2 Å². The van der Waals surface area contributed by atoms with E-state index in [4.69, 9.17) is 0 Å². The van der Waals surface area contributed by atoms with Crippen LogP contribution in [0.2, 0.25) is 0 Å². The van der Waals surface area contributed by atoms with Crippen LogP contribution >= 0.6 is 0 Å². The van der Waals surface area contributed by atoms with E-state index in [1.165, 1.54) is 0 Å². The second-order valence-electron chi connectivity index (χ2n) is 9.28. The van der Waals surface area contributed by atoms with Crippen LogP contribution in [0.4, 0.5) is 0 Å². The quantitative estimate of drug-likeness (QED) is 0.667. The fraction of sp³-hybridized carbons (Fsp3) is 0.440. The van der Waals surface area contributed by atoms with Crippen molar-refractivity contribution in [2.24, 2.45) is 5.41 Å². The number of pyridine rings is 1. The minimum Gasteiger partial charge on any atom is -0.481 e. The predicted molar refractivity (Wildman–Crippen MR) is 126 cm³/mol. The molecule has 5 rings (SSSR count). The number of dihydropyridines is 1. The lowest BCUT2D eigenvalue weighted by atomic mass is 9.88. The molecular weight excluding hydrogens is 438 g/mol. The Morgan fingerprint density at radius 1 is 1.18 bits per heavy atom. The monoisotopic (exact) mass is 467 g/mol. The fourth-order valence-corrected chi connectivity index (χ4v) is 7.61. The summed E-state index contributed by atoms with van der Waals surface area (Å²) in [5.74, 6) is -0.957. The van der Waals surface area contributed by atoms with Crippen molar-refractivity contribution in [1.29, 1.82) is 0 Å². The van der Waals surface area contributed by atoms with Gasteiger partial charge in [-0.15, -0.1) is 0 Å². The van der Waals surface area contributed by atoms with E-state index in [0.29, 0.717) is 48.8 Å². The van der Waals surface area contributed by atoms with Crippen LogP contribution in [0.15, 0.2) is 58.6 Å². The molecule has 7 nitrogen and oxygen atoms in total. The zero-order valence-corrected chi connectivity index (χ0v) is 19.8. The number of carboxylic acid groups (broad SMARTS) is 1. The molecule has 0 bridgehead atoms. The molecule has 1 unspecified atom stereocenters. The van der Waals surface area contributed by atoms with Gasteiger partial charge in [0.25, 0.3) is 0 Å². The van der Waals surface area contributed by atoms with Crippen LogP contribution in [0.3, 0.4) is 0 Å². The molecule has 2 N–H and O–H groups in total. The molecule has 1 atom stereocenters. The molecule has 0 spiro atoms. The Kier molecular flexibility index (Phi) is 5.14. The minimum absolute atomic E-state index is 0.173. The Bertz CT molecular complexity index is 1300. The highest BCUT2D eigenvalue weighted by molar-refractivity contribution is 7.93. The molecule has 1 saturated carbocycles. The number of aromatic nitrogens is 1. The largest absolute Gasteiger partial charge is 0.481 e. The predicted octanol–water partition coefficient (Wildman–Crippen LogP) is 3.75. The summed E-state index contributed by atoms with van der Waals surface area (Å²) < 4.78 is 29.4. The highest BCUT2D eigenvalue weighted by Crippen LogP contribution is 2.59. The molecule has 1 aliphatic carbocycles. The van der Waals surface area contributed by atoms with Crippen LogP contribution in [0.5, 0.6) is 0 Å². The highest BCUT2D eigenvalue weighted by Gasteiger charge is 2.66. The second-order valence-corrected chi connectivity index (χ2v) is 11.3. The molecule has 1 aromatic carbocycles. The van der Waals surface area contributed by atoms with Crippen molar-refractivity contribution in [1.82, 2.24) is 15.2 Å². The van der Waals surface area contributed by atoms with E-state index in [1.54, 1.807) is 24.4 Å². The minimum atomic E-state index is -4.11. The van der Waals surface area contributed by atoms with Crippen LogP contribution in [0.1, 0.15) is 44.7 Å². The molecule has 3 aliphatic rings. The number of allylic oxidation sites excluding steroid dienone is 2. The van der Waals surface area contributed by atoms with E-state index in [-0.39, 0.29) is 4.90 Å². The first kappa shape index (κ1) is 22.1. The summed E-state index contributed by atoms with van der Waals surface area (Å²) in [7, 11) is -4.11. The molecule has 2 aromatic rings. The van der Waals surface area contributed by atoms with Gasteiger partial charge in [0.1, 0.15) is 0 Å². The first-order valence-electron chi connectivity index (χ1n) is 11.5. The van der Waals surface area contributed by atoms with E-state index in [1.807, 2.05) is 37.0 Å². The van der Waals surface area contributed by atoms with Crippen molar-refractivity contribution in [2.45, 2.75) is 55.8 Å². The summed E-state index contributed by atoms with van der Waals surface area (Å²) in [6.45, 7) is 5.02. The number of carbonyl (C=O) groups is 1. The lowest BCUT2D eigenvalue weighted by Crippen LogP contribution is -2.65. The maximum atomic E-state index is 14.7. The Morgan fingerprint density at radius 2 is 1.91 bits per heavy atom. The Balaban J connectivity index is 1.80. The molecule has 2 fully saturated rings. The number of fused-ring (bicyclic) bond motifs is 1. The molecule has 174 valence electrons. The Morgan fingerprint density at radius 3 is 2.55 bits per heavy atom. The van der Waals surface area contributed by atoms with Gasteiger partial charge >= 0.3 is 5.97 Å². The van der Waals surface area contributed by atoms with Gasteiger partial charge in [-0.1, -0.05) is 19.1 Å². The SMILES string of the molecule is CCC1=CNC(N2CCCC2)(S(=O)(=O)c2cccc3nc(C)ccc23)C(C2(C(=O)O)CC2)=C1. The van der Waals surface area contributed by atoms with Gasteiger partial charge in [0.15, 0.2) is 0 Å². The summed E-state index contributed by atoms with van der Waals surface area (Å²) in [4.78, 5) is 17.5. The van der Waals surface area contributed by atoms with E-state index in [9.17, 15) is 18.3 Å². The molecule has 1 aromatic heterocycles. The van der Waals surface area contributed by atoms with Crippen LogP contribution in [-0.4, -0.2) is 47.5 Å². The maximum Gasteiger partial charge on any atom is 0.313 e. The average molecular weight is 468 g/mol. The molecule has 2 aliphatic heterocycles. The van der Waals surface area contributed by atoms with Crippen molar-refractivity contribution in [2.75, 3.05) is 13.1 Å². The van der Waals surface area contributed by atoms with Crippen molar-refractivity contribution in [3.05, 3.63) is 59.4 Å². The summed E-state index contributed by atoms with van der Waals surface area (Å²) >= 11 is 0. The molecule has 3 heterocycles. The zero-order valence-electron chi connectivity index (χ0n) is 19.0. The fourth-order valence-electron chi connectivity index (χ4n) is 5.29. The second kappa shape index (κ2) is 7.67. The van der Waals surface area contributed by atoms with Gasteiger partial charge in [-0.2, -0.15) is 0 Å². The molecule has 0 radical (unpaired) electrons. The van der Waals surface area contributed by atoms with Crippen molar-refractivity contribution < 1.29 is 18.3 Å². The van der Waals surface area contributed by atoms with Gasteiger partial charge < -0.3 is 10.4 Å². The number of aryl methyl sites for hydroxylation is 1. The number of aliphatic carboxylic acids is 1. The molecule has 33 heavy (non-hydrogen) atoms. The van der Waals surface area contributed by atoms with Crippen LogP contribution < -0.4 is 5.32 Å². The first-order valence-corrected chi connectivity index (χ1v) is 13.0. The molecular formula is C25H29N3O4S. The number of nitrogens with one attached hydrogen (secondary N) is 1. The normalized spacial score (nSPS) is 24.8. The van der Waals surface area contributed by atoms with Gasteiger partial charge in [0, 0.05) is 35.9 Å². The van der Waals surface area contributed by atoms with Crippen molar-refractivity contribution in [3.8, 4) is 0 Å². The number of benzene rings is 1. The van der Waals surface area contributed by atoms with Crippen LogP contribution in [-0.2, 0) is 14.6 Å². The van der Waals surface area contributed by atoms with Crippen LogP contribution in [0, 0.1) is 12.3 Å². The standard InChI is InChI=1S/C25H29N3O4S/c1-3-18-15-22(24(11-12-24)23(29)30)25(26-16-18,28-13-4-5-14-28)33(31,32)21-8-6-7-20-19(21)10-9-17(2)27-20/h6-10,15-16,26H,3-5,11-14H2,1-2H3,(H,29,30). The lowest BCUT2D eigenvalue weighted by Gasteiger charge is -2.46. The van der Waals surface area contributed by atoms with E-state index in [2.05, 4.69) is 10.3 Å². The maximum absolute atomic E-state index is 14.7. The summed E-state index contributed by atoms with van der Waals surface area (Å²) in [5.41, 5.74) is 1.59. The van der Waals surface area contributed by atoms with E-state index >= 15 is 0 Å². The summed E-state index contributed by atoms with van der Waals surface area (Å²) in [6.07, 6.45) is 6.88. The zero-order chi connectivity index (χ0) is 23.4. The molecule has 8 heteroatoms. The molecule has 1 saturated heterocycles. The number of carboxylic acids is 1. The van der Waals surface area contributed by atoms with Crippen LogP contribution in [0.25, 0.3) is 10.9 Å². The number of nitrogens with zero attached hydrogens (tertiary/aromatic N) is 2. The Hall–Kier alpha value is -2.71. The third-order valence-electron chi connectivity index (χ3n) is 7.29. The topological polar surface area (TPSA) is 99.6 Å². The van der Waals surface area contributed by atoms with E-state index in [0.717, 1.165) is 24.1 Å². The number of hydrogen-bond acceptors (Lipinski definition) is 6. The number of likely N-dealkylation sites (tertiary alicyclic amines) is 1. The van der Waals surface area contributed by atoms with Crippen molar-refractivity contribution >= 4 is 26.7 Å². The van der Waals surface area contributed by atoms with Gasteiger partial charge in [-0.3, -0.25) is 14.7 Å². The summed E-state index contributed by atoms with van der Waals surface area (Å²) in [6, 6.07) is 8.74. The third kappa shape index (κ3) is 3.14. The highest BCUT2D eigenvalue weighted by atomic mass is 32.2. The smallest absolute Gasteiger partial charge is 0.313 e. The lowest BCUT2D eigenvalue weighted by molar-refractivity contribution is -0.142. The van der Waals surface area contributed by atoms with Gasteiger partial charge in [-0.25, -0.2) is 8.42 Å². The van der Waals surface area contributed by atoms with Gasteiger partial charge in [0.05, 0.1) is 15.8 Å². The average Bonchev–Trinajstić information content (AvgIpc) is 3.44. The summed E-state index contributed by atoms with van der Waals surface area (Å²) in [5, 5.41) is 14.0. The third-order valence-corrected chi connectivity index (χ3v) is 9.60. The number of rotatable bonds is 6. The number of hydrogen-bond donors (Lipinski definition) is 2. The first-order chi connectivity index (χ1) is 15.8. The Labute approximate surface area is 194 Å². The van der Waals surface area contributed by atoms with Crippen molar-refractivity contribution in [3.63, 3.8) is 0 Å². The van der Waals surface area contributed by atoms with Gasteiger partial charge in [-0.05, 0) is 68.9 Å². The molecule has 0 amide bonds. The van der Waals surface area contributed by atoms with Gasteiger partial charge in [0.2, 0.25) is 14.8 Å². The number of sulfone groups is 1.